The smallest absolute Gasteiger partial charge is 0.340 e. The average Bonchev–Trinajstić information content (AvgIpc) is 2.97. The van der Waals surface area contributed by atoms with Crippen molar-refractivity contribution in [2.24, 2.45) is 0 Å². The molecule has 156 valence electrons. The summed E-state index contributed by atoms with van der Waals surface area (Å²) in [5, 5.41) is 2.62. The maximum absolute atomic E-state index is 13.0. The van der Waals surface area contributed by atoms with Crippen LogP contribution in [0.3, 0.4) is 0 Å². The number of methoxy groups -OCH3 is 1. The van der Waals surface area contributed by atoms with Crippen LogP contribution in [0.15, 0.2) is 59.3 Å². The van der Waals surface area contributed by atoms with Gasteiger partial charge in [-0.2, -0.15) is 0 Å². The van der Waals surface area contributed by atoms with Crippen LogP contribution in [0.4, 0.5) is 11.4 Å². The normalized spacial score (nSPS) is 13.6. The lowest BCUT2D eigenvalue weighted by molar-refractivity contribution is -0.120. The molecule has 2 aromatic carbocycles. The van der Waals surface area contributed by atoms with E-state index in [1.54, 1.807) is 43.5 Å². The molecule has 1 N–H and O–H groups in total. The quantitative estimate of drug-likeness (QED) is 0.387. The number of imide groups is 1. The van der Waals surface area contributed by atoms with Crippen LogP contribution in [0, 0.1) is 0 Å². The van der Waals surface area contributed by atoms with Crippen LogP contribution in [0.1, 0.15) is 30.1 Å². The molecule has 3 rings (SSSR count). The predicted molar refractivity (Wildman–Crippen MR) is 114 cm³/mol. The number of benzene rings is 2. The molecule has 1 aliphatic heterocycles. The second-order valence-corrected chi connectivity index (χ2v) is 6.87. The van der Waals surface area contributed by atoms with E-state index in [2.05, 4.69) is 5.32 Å². The number of rotatable bonds is 8. The van der Waals surface area contributed by atoms with Gasteiger partial charge in [-0.3, -0.25) is 9.59 Å². The van der Waals surface area contributed by atoms with Gasteiger partial charge in [-0.15, -0.1) is 0 Å². The fourth-order valence-corrected chi connectivity index (χ4v) is 3.09. The Morgan fingerprint density at radius 2 is 1.77 bits per heavy atom. The van der Waals surface area contributed by atoms with Crippen molar-refractivity contribution in [1.82, 2.24) is 0 Å². The van der Waals surface area contributed by atoms with Gasteiger partial charge in [0, 0.05) is 5.69 Å². The summed E-state index contributed by atoms with van der Waals surface area (Å²) in [5.74, 6) is -1.33. The SMILES string of the molecule is CCCCOC(=O)c1ccccc1N1C(=O)C(Cl)=C(Nc2ccc(OC)cc2)C1=O. The van der Waals surface area contributed by atoms with E-state index in [9.17, 15) is 14.4 Å². The molecule has 0 saturated carbocycles. The number of carbonyl (C=O) groups is 3. The van der Waals surface area contributed by atoms with Crippen molar-refractivity contribution in [1.29, 1.82) is 0 Å². The lowest BCUT2D eigenvalue weighted by Crippen LogP contribution is -2.33. The molecule has 1 heterocycles. The number of hydrogen-bond acceptors (Lipinski definition) is 6. The average molecular weight is 429 g/mol. The van der Waals surface area contributed by atoms with Gasteiger partial charge in [0.15, 0.2) is 0 Å². The summed E-state index contributed by atoms with van der Waals surface area (Å²) in [6.07, 6.45) is 1.59. The largest absolute Gasteiger partial charge is 0.497 e. The number of esters is 1. The minimum Gasteiger partial charge on any atom is -0.497 e. The molecule has 0 spiro atoms. The van der Waals surface area contributed by atoms with Crippen LogP contribution in [-0.2, 0) is 14.3 Å². The molecule has 0 aliphatic carbocycles. The van der Waals surface area contributed by atoms with Gasteiger partial charge in [0.05, 0.1) is 25.0 Å². The van der Waals surface area contributed by atoms with Gasteiger partial charge >= 0.3 is 5.97 Å². The van der Waals surface area contributed by atoms with Gasteiger partial charge < -0.3 is 14.8 Å². The first-order valence-electron chi connectivity index (χ1n) is 9.43. The Morgan fingerprint density at radius 1 is 1.07 bits per heavy atom. The van der Waals surface area contributed by atoms with E-state index < -0.39 is 17.8 Å². The molecule has 0 bridgehead atoms. The number of anilines is 2. The topological polar surface area (TPSA) is 84.9 Å². The maximum Gasteiger partial charge on any atom is 0.340 e. The van der Waals surface area contributed by atoms with E-state index in [0.717, 1.165) is 17.7 Å². The lowest BCUT2D eigenvalue weighted by atomic mass is 10.1. The van der Waals surface area contributed by atoms with Crippen molar-refractivity contribution in [3.05, 3.63) is 64.8 Å². The molecular weight excluding hydrogens is 408 g/mol. The molecule has 30 heavy (non-hydrogen) atoms. The second-order valence-electron chi connectivity index (χ2n) is 6.49. The standard InChI is InChI=1S/C22H21ClN2O5/c1-3-4-13-30-22(28)16-7-5-6-8-17(16)25-20(26)18(23)19(21(25)27)24-14-9-11-15(29-2)12-10-14/h5-12,24H,3-4,13H2,1-2H3. The fourth-order valence-electron chi connectivity index (χ4n) is 2.88. The zero-order chi connectivity index (χ0) is 21.7. The highest BCUT2D eigenvalue weighted by molar-refractivity contribution is 6.53. The van der Waals surface area contributed by atoms with Gasteiger partial charge in [0.2, 0.25) is 0 Å². The molecule has 0 atom stereocenters. The van der Waals surface area contributed by atoms with Crippen molar-refractivity contribution in [2.45, 2.75) is 19.8 Å². The lowest BCUT2D eigenvalue weighted by Gasteiger charge is -2.18. The molecule has 0 radical (unpaired) electrons. The Bertz CT molecular complexity index is 1000. The molecule has 1 aliphatic rings. The van der Waals surface area contributed by atoms with Crippen LogP contribution >= 0.6 is 11.6 Å². The van der Waals surface area contributed by atoms with E-state index in [0.29, 0.717) is 11.4 Å². The molecule has 0 unspecified atom stereocenters. The summed E-state index contributed by atoms with van der Waals surface area (Å²) in [6.45, 7) is 2.24. The Kier molecular flexibility index (Phi) is 6.74. The summed E-state index contributed by atoms with van der Waals surface area (Å²) in [7, 11) is 1.55. The monoisotopic (exact) mass is 428 g/mol. The highest BCUT2D eigenvalue weighted by atomic mass is 35.5. The van der Waals surface area contributed by atoms with Crippen LogP contribution in [0.25, 0.3) is 0 Å². The molecule has 0 aromatic heterocycles. The van der Waals surface area contributed by atoms with Crippen molar-refractivity contribution >= 4 is 40.8 Å². The Balaban J connectivity index is 1.86. The Hall–Kier alpha value is -3.32. The minimum absolute atomic E-state index is 0.0685. The predicted octanol–water partition coefficient (Wildman–Crippen LogP) is 4.09. The van der Waals surface area contributed by atoms with Gasteiger partial charge in [0.1, 0.15) is 16.5 Å². The van der Waals surface area contributed by atoms with Crippen molar-refractivity contribution in [2.75, 3.05) is 23.9 Å². The van der Waals surface area contributed by atoms with Crippen LogP contribution in [0.5, 0.6) is 5.75 Å². The first-order valence-corrected chi connectivity index (χ1v) is 9.81. The minimum atomic E-state index is -0.716. The third kappa shape index (κ3) is 4.31. The maximum atomic E-state index is 13.0. The number of halogens is 1. The first kappa shape index (κ1) is 21.4. The molecule has 8 heteroatoms. The number of hydrogen-bond donors (Lipinski definition) is 1. The van der Waals surface area contributed by atoms with E-state index in [1.807, 2.05) is 6.92 Å². The van der Waals surface area contributed by atoms with Gasteiger partial charge in [-0.05, 0) is 42.8 Å². The van der Waals surface area contributed by atoms with E-state index in [1.165, 1.54) is 12.1 Å². The number of unbranched alkanes of at least 4 members (excludes halogenated alkanes) is 1. The fraction of sp³-hybridized carbons (Fsp3) is 0.227. The van der Waals surface area contributed by atoms with Crippen LogP contribution < -0.4 is 15.0 Å². The van der Waals surface area contributed by atoms with E-state index >= 15 is 0 Å². The zero-order valence-electron chi connectivity index (χ0n) is 16.6. The summed E-state index contributed by atoms with van der Waals surface area (Å²) in [6, 6.07) is 13.1. The molecule has 0 fully saturated rings. The molecular formula is C22H21ClN2O5. The third-order valence-corrected chi connectivity index (χ3v) is 4.83. The van der Waals surface area contributed by atoms with Gasteiger partial charge in [0.25, 0.3) is 11.8 Å². The summed E-state index contributed by atoms with van der Waals surface area (Å²) in [4.78, 5) is 39.1. The number of ether oxygens (including phenoxy) is 2. The Labute approximate surface area is 179 Å². The zero-order valence-corrected chi connectivity index (χ0v) is 17.4. The number of carbonyl (C=O) groups excluding carboxylic acids is 3. The van der Waals surface area contributed by atoms with Gasteiger partial charge in [-0.25, -0.2) is 9.69 Å². The van der Waals surface area contributed by atoms with E-state index in [-0.39, 0.29) is 28.6 Å². The highest BCUT2D eigenvalue weighted by Gasteiger charge is 2.40. The highest BCUT2D eigenvalue weighted by Crippen LogP contribution is 2.32. The summed E-state index contributed by atoms with van der Waals surface area (Å²) < 4.78 is 10.4. The number of para-hydroxylation sites is 1. The third-order valence-electron chi connectivity index (χ3n) is 4.48. The molecule has 0 saturated heterocycles. The first-order chi connectivity index (χ1) is 14.5. The van der Waals surface area contributed by atoms with Crippen molar-refractivity contribution < 1.29 is 23.9 Å². The number of amides is 2. The summed E-state index contributed by atoms with van der Waals surface area (Å²) in [5.41, 5.74) is 0.726. The molecule has 2 aromatic rings. The number of nitrogens with one attached hydrogen (secondary N) is 1. The number of nitrogens with zero attached hydrogens (tertiary/aromatic N) is 1. The molecule has 7 nitrogen and oxygen atoms in total. The molecule has 2 amide bonds. The van der Waals surface area contributed by atoms with Gasteiger partial charge in [-0.1, -0.05) is 37.1 Å². The van der Waals surface area contributed by atoms with E-state index in [4.69, 9.17) is 21.1 Å². The second kappa shape index (κ2) is 9.45. The summed E-state index contributed by atoms with van der Waals surface area (Å²) >= 11 is 6.18. The Morgan fingerprint density at radius 3 is 2.43 bits per heavy atom. The van der Waals surface area contributed by atoms with Crippen molar-refractivity contribution in [3.8, 4) is 5.75 Å². The van der Waals surface area contributed by atoms with Crippen LogP contribution in [-0.4, -0.2) is 31.5 Å². The van der Waals surface area contributed by atoms with Crippen LogP contribution in [0.2, 0.25) is 0 Å². The van der Waals surface area contributed by atoms with Crippen molar-refractivity contribution in [3.63, 3.8) is 0 Å².